The van der Waals surface area contributed by atoms with Crippen molar-refractivity contribution >= 4 is 28.5 Å². The number of nitrogens with zero attached hydrogens (tertiary/aromatic N) is 4. The first-order chi connectivity index (χ1) is 13.8. The van der Waals surface area contributed by atoms with Crippen molar-refractivity contribution in [1.82, 2.24) is 15.3 Å². The second kappa shape index (κ2) is 8.56. The molecule has 0 fully saturated rings. The number of rotatable bonds is 6. The summed E-state index contributed by atoms with van der Waals surface area (Å²) in [7, 11) is 0. The number of carbonyl (C=O) groups is 1. The Hall–Kier alpha value is -2.67. The van der Waals surface area contributed by atoms with Gasteiger partial charge in [-0.25, -0.2) is 5.01 Å². The molecule has 2 aliphatic heterocycles. The average molecular weight is 394 g/mol. The van der Waals surface area contributed by atoms with Gasteiger partial charge in [0, 0.05) is 28.9 Å². The molecule has 1 aromatic heterocycles. The maximum Gasteiger partial charge on any atom is 0.276 e. The molecule has 3 heterocycles. The predicted octanol–water partition coefficient (Wildman–Crippen LogP) is 2.54. The maximum atomic E-state index is 13.0. The van der Waals surface area contributed by atoms with Gasteiger partial charge in [0.2, 0.25) is 0 Å². The van der Waals surface area contributed by atoms with Crippen LogP contribution < -0.4 is 15.9 Å². The largest absolute Gasteiger partial charge is 0.298 e. The molecular formula is C21H23N5OS. The topological polar surface area (TPSA) is 70.0 Å². The molecule has 0 bridgehead atoms. The molecule has 28 heavy (non-hydrogen) atoms. The Kier molecular flexibility index (Phi) is 5.71. The third-order valence-electron chi connectivity index (χ3n) is 4.73. The van der Waals surface area contributed by atoms with E-state index in [-0.39, 0.29) is 5.91 Å². The SMILES string of the molecule is CCCCCCSC1=NN2C(=c3ccccc3=N[C@H]2c2cccnc2)C(=O)N1. The molecule has 0 aliphatic carbocycles. The van der Waals surface area contributed by atoms with E-state index in [9.17, 15) is 4.79 Å². The lowest BCUT2D eigenvalue weighted by molar-refractivity contribution is -0.116. The van der Waals surface area contributed by atoms with E-state index in [0.717, 1.165) is 28.3 Å². The Morgan fingerprint density at radius 2 is 2.04 bits per heavy atom. The Morgan fingerprint density at radius 1 is 1.14 bits per heavy atom. The van der Waals surface area contributed by atoms with E-state index in [1.165, 1.54) is 19.3 Å². The highest BCUT2D eigenvalue weighted by molar-refractivity contribution is 8.13. The smallest absolute Gasteiger partial charge is 0.276 e. The normalized spacial score (nSPS) is 18.0. The van der Waals surface area contributed by atoms with Crippen LogP contribution in [0.4, 0.5) is 0 Å². The number of amidine groups is 1. The number of amides is 1. The summed E-state index contributed by atoms with van der Waals surface area (Å²) in [4.78, 5) is 22.1. The van der Waals surface area contributed by atoms with Crippen LogP contribution >= 0.6 is 11.8 Å². The second-order valence-corrected chi connectivity index (χ2v) is 7.85. The summed E-state index contributed by atoms with van der Waals surface area (Å²) in [6.45, 7) is 2.20. The minimum Gasteiger partial charge on any atom is -0.298 e. The van der Waals surface area contributed by atoms with Crippen LogP contribution in [0.25, 0.3) is 5.70 Å². The van der Waals surface area contributed by atoms with Crippen LogP contribution in [-0.2, 0) is 4.79 Å². The van der Waals surface area contributed by atoms with Gasteiger partial charge in [0.25, 0.3) is 5.91 Å². The summed E-state index contributed by atoms with van der Waals surface area (Å²) in [6.07, 6.45) is 7.87. The quantitative estimate of drug-likeness (QED) is 0.766. The van der Waals surface area contributed by atoms with Gasteiger partial charge in [-0.3, -0.25) is 20.1 Å². The Balaban J connectivity index is 1.69. The molecular weight excluding hydrogens is 370 g/mol. The van der Waals surface area contributed by atoms with E-state index >= 15 is 0 Å². The van der Waals surface area contributed by atoms with Crippen LogP contribution in [0, 0.1) is 0 Å². The van der Waals surface area contributed by atoms with Gasteiger partial charge >= 0.3 is 0 Å². The number of hydrazone groups is 1. The minimum absolute atomic E-state index is 0.137. The van der Waals surface area contributed by atoms with E-state index in [2.05, 4.69) is 17.2 Å². The zero-order valence-corrected chi connectivity index (χ0v) is 16.7. The minimum atomic E-state index is -0.402. The summed E-state index contributed by atoms with van der Waals surface area (Å²) in [5.41, 5.74) is 1.44. The number of hydrogen-bond donors (Lipinski definition) is 1. The first kappa shape index (κ1) is 18.7. The third kappa shape index (κ3) is 3.80. The Labute approximate surface area is 168 Å². The van der Waals surface area contributed by atoms with Gasteiger partial charge in [-0.05, 0) is 18.6 Å². The van der Waals surface area contributed by atoms with Crippen LogP contribution in [0.1, 0.15) is 44.3 Å². The molecule has 0 spiro atoms. The number of fused-ring (bicyclic) bond motifs is 2. The Morgan fingerprint density at radius 3 is 2.86 bits per heavy atom. The number of nitrogens with one attached hydrogen (secondary N) is 1. The summed E-state index contributed by atoms with van der Waals surface area (Å²) >= 11 is 1.59. The van der Waals surface area contributed by atoms with Crippen LogP contribution in [-0.4, -0.2) is 26.8 Å². The summed E-state index contributed by atoms with van der Waals surface area (Å²) in [6, 6.07) is 11.5. The zero-order valence-electron chi connectivity index (χ0n) is 15.8. The number of hydrogen-bond acceptors (Lipinski definition) is 6. The van der Waals surface area contributed by atoms with Crippen molar-refractivity contribution in [2.24, 2.45) is 10.1 Å². The fourth-order valence-corrected chi connectivity index (χ4v) is 4.19. The van der Waals surface area contributed by atoms with Crippen molar-refractivity contribution in [3.8, 4) is 0 Å². The van der Waals surface area contributed by atoms with Gasteiger partial charge < -0.3 is 0 Å². The predicted molar refractivity (Wildman–Crippen MR) is 112 cm³/mol. The van der Waals surface area contributed by atoms with Gasteiger partial charge in [0.05, 0.1) is 5.36 Å². The van der Waals surface area contributed by atoms with E-state index in [1.807, 2.05) is 36.4 Å². The van der Waals surface area contributed by atoms with Crippen molar-refractivity contribution < 1.29 is 4.79 Å². The highest BCUT2D eigenvalue weighted by Crippen LogP contribution is 2.30. The van der Waals surface area contributed by atoms with Gasteiger partial charge in [-0.15, -0.1) is 5.10 Å². The lowest BCUT2D eigenvalue weighted by Crippen LogP contribution is -2.50. The first-order valence-corrected chi connectivity index (χ1v) is 10.7. The molecule has 1 amide bonds. The molecule has 0 saturated carbocycles. The van der Waals surface area contributed by atoms with Crippen LogP contribution in [0.15, 0.2) is 58.9 Å². The fourth-order valence-electron chi connectivity index (χ4n) is 3.34. The number of aromatic nitrogens is 1. The molecule has 0 radical (unpaired) electrons. The summed E-state index contributed by atoms with van der Waals surface area (Å²) < 4.78 is 0. The van der Waals surface area contributed by atoms with Crippen molar-refractivity contribution in [1.29, 1.82) is 0 Å². The lowest BCUT2D eigenvalue weighted by atomic mass is 10.1. The average Bonchev–Trinajstić information content (AvgIpc) is 2.73. The van der Waals surface area contributed by atoms with E-state index < -0.39 is 6.17 Å². The number of para-hydroxylation sites is 1. The maximum absolute atomic E-state index is 13.0. The molecule has 4 rings (SSSR count). The summed E-state index contributed by atoms with van der Waals surface area (Å²) in [5.74, 6) is 0.801. The number of thioether (sulfide) groups is 1. The highest BCUT2D eigenvalue weighted by atomic mass is 32.2. The van der Waals surface area contributed by atoms with E-state index in [0.29, 0.717) is 10.9 Å². The molecule has 0 saturated heterocycles. The molecule has 1 aromatic carbocycles. The summed E-state index contributed by atoms with van der Waals surface area (Å²) in [5, 5.41) is 11.7. The van der Waals surface area contributed by atoms with Crippen LogP contribution in [0.3, 0.4) is 0 Å². The molecule has 2 aliphatic rings. The molecule has 6 nitrogen and oxygen atoms in total. The Bertz CT molecular complexity index is 1000. The standard InChI is InChI=1S/C21H23N5OS/c1-2-3-4-7-13-28-21-24-20(27)18-16-10-5-6-11-17(16)23-19(26(18)25-21)15-9-8-12-22-14-15/h5-6,8-12,14,19H,2-4,7,13H2,1H3,(H,24,25,27)/t19-/m1/s1. The number of carbonyl (C=O) groups excluding carboxylic acids is 1. The van der Waals surface area contributed by atoms with Crippen LogP contribution in [0.2, 0.25) is 0 Å². The molecule has 1 N–H and O–H groups in total. The van der Waals surface area contributed by atoms with Crippen LogP contribution in [0.5, 0.6) is 0 Å². The van der Waals surface area contributed by atoms with E-state index in [4.69, 9.17) is 10.1 Å². The first-order valence-electron chi connectivity index (χ1n) is 9.67. The van der Waals surface area contributed by atoms with Gasteiger partial charge in [0.1, 0.15) is 5.70 Å². The van der Waals surface area contributed by atoms with Crippen molar-refractivity contribution in [2.75, 3.05) is 5.75 Å². The van der Waals surface area contributed by atoms with Gasteiger partial charge in [-0.2, -0.15) is 0 Å². The molecule has 2 aromatic rings. The monoisotopic (exact) mass is 393 g/mol. The van der Waals surface area contributed by atoms with Gasteiger partial charge in [0.15, 0.2) is 11.3 Å². The van der Waals surface area contributed by atoms with E-state index in [1.54, 1.807) is 29.2 Å². The fraction of sp³-hybridized carbons (Fsp3) is 0.333. The molecule has 1 atom stereocenters. The van der Waals surface area contributed by atoms with Crippen molar-refractivity contribution in [2.45, 2.75) is 38.8 Å². The van der Waals surface area contributed by atoms with Gasteiger partial charge in [-0.1, -0.05) is 62.2 Å². The second-order valence-electron chi connectivity index (χ2n) is 6.77. The highest BCUT2D eigenvalue weighted by Gasteiger charge is 2.34. The number of pyridine rings is 1. The zero-order chi connectivity index (χ0) is 19.3. The van der Waals surface area contributed by atoms with Crippen molar-refractivity contribution in [3.05, 3.63) is 64.9 Å². The molecule has 7 heteroatoms. The van der Waals surface area contributed by atoms with Crippen molar-refractivity contribution in [3.63, 3.8) is 0 Å². The number of benzene rings is 1. The molecule has 144 valence electrons. The molecule has 0 unspecified atom stereocenters. The lowest BCUT2D eigenvalue weighted by Gasteiger charge is -2.33. The third-order valence-corrected chi connectivity index (χ3v) is 5.68. The number of unbranched alkanes of at least 4 members (excludes halogenated alkanes) is 3.